The van der Waals surface area contributed by atoms with Crippen molar-refractivity contribution >= 4 is 29.5 Å². The lowest BCUT2D eigenvalue weighted by molar-refractivity contribution is -0.142. The smallest absolute Gasteiger partial charge is 0.326 e. The average molecular weight is 348 g/mol. The van der Waals surface area contributed by atoms with Gasteiger partial charge in [-0.3, -0.25) is 9.59 Å². The molecule has 2 aliphatic rings. The molecule has 1 aromatic carbocycles. The van der Waals surface area contributed by atoms with Crippen LogP contribution in [0.3, 0.4) is 0 Å². The number of carbonyl (C=O) groups is 3. The Kier molecular flexibility index (Phi) is 4.54. The maximum atomic E-state index is 12.6. The van der Waals surface area contributed by atoms with Gasteiger partial charge in [0.25, 0.3) is 5.91 Å². The standard InChI is InChI=1S/C17H20N2O4S/c1-9(2)7-12(17(22)23)18-14(20)13-8-24-16-11-6-4-3-5-10(11)15(21)19(13)16/h3-6,9,12-13,16H,7-8H2,1-2H3,(H,18,20)(H,22,23)/t12-,13-,16-/m0/s1. The van der Waals surface area contributed by atoms with Gasteiger partial charge in [0.2, 0.25) is 5.91 Å². The Hall–Kier alpha value is -2.02. The highest BCUT2D eigenvalue weighted by molar-refractivity contribution is 7.99. The first-order valence-electron chi connectivity index (χ1n) is 7.96. The van der Waals surface area contributed by atoms with Crippen molar-refractivity contribution in [3.05, 3.63) is 35.4 Å². The molecule has 6 nitrogen and oxygen atoms in total. The Bertz CT molecular complexity index is 691. The number of carboxylic acids is 1. The van der Waals surface area contributed by atoms with E-state index >= 15 is 0 Å². The van der Waals surface area contributed by atoms with Crippen molar-refractivity contribution in [3.8, 4) is 0 Å². The monoisotopic (exact) mass is 348 g/mol. The second-order valence-electron chi connectivity index (χ2n) is 6.53. The predicted molar refractivity (Wildman–Crippen MR) is 90.6 cm³/mol. The first-order chi connectivity index (χ1) is 11.4. The van der Waals surface area contributed by atoms with Crippen LogP contribution in [0.5, 0.6) is 0 Å². The highest BCUT2D eigenvalue weighted by Crippen LogP contribution is 2.48. The van der Waals surface area contributed by atoms with Crippen LogP contribution in [0.15, 0.2) is 24.3 Å². The normalized spacial score (nSPS) is 23.1. The van der Waals surface area contributed by atoms with Gasteiger partial charge in [0.1, 0.15) is 17.5 Å². The van der Waals surface area contributed by atoms with Crippen molar-refractivity contribution in [2.45, 2.75) is 37.7 Å². The Balaban J connectivity index is 1.76. The van der Waals surface area contributed by atoms with Gasteiger partial charge in [0.05, 0.1) is 0 Å². The number of carboxylic acid groups (broad SMARTS) is 1. The molecule has 0 radical (unpaired) electrons. The summed E-state index contributed by atoms with van der Waals surface area (Å²) in [4.78, 5) is 38.1. The molecular formula is C17H20N2O4S. The molecule has 0 aliphatic carbocycles. The number of nitrogens with one attached hydrogen (secondary N) is 1. The highest BCUT2D eigenvalue weighted by atomic mass is 32.2. The van der Waals surface area contributed by atoms with E-state index in [-0.39, 0.29) is 23.1 Å². The maximum Gasteiger partial charge on any atom is 0.326 e. The number of thioether (sulfide) groups is 1. The van der Waals surface area contributed by atoms with Crippen LogP contribution in [0, 0.1) is 5.92 Å². The van der Waals surface area contributed by atoms with Crippen LogP contribution in [0.2, 0.25) is 0 Å². The zero-order valence-corrected chi connectivity index (χ0v) is 14.4. The second kappa shape index (κ2) is 6.47. The largest absolute Gasteiger partial charge is 0.480 e. The summed E-state index contributed by atoms with van der Waals surface area (Å²) in [5, 5.41) is 11.7. The topological polar surface area (TPSA) is 86.7 Å². The molecule has 3 atom stereocenters. The first kappa shape index (κ1) is 16.8. The number of amides is 2. The van der Waals surface area contributed by atoms with E-state index in [4.69, 9.17) is 0 Å². The summed E-state index contributed by atoms with van der Waals surface area (Å²) in [6, 6.07) is 5.80. The average Bonchev–Trinajstić information content (AvgIpc) is 3.07. The van der Waals surface area contributed by atoms with Gasteiger partial charge in [0, 0.05) is 11.3 Å². The summed E-state index contributed by atoms with van der Waals surface area (Å²) in [5.41, 5.74) is 1.56. The first-order valence-corrected chi connectivity index (χ1v) is 9.01. The van der Waals surface area contributed by atoms with Gasteiger partial charge < -0.3 is 15.3 Å². The van der Waals surface area contributed by atoms with E-state index in [0.29, 0.717) is 17.7 Å². The van der Waals surface area contributed by atoms with Crippen molar-refractivity contribution in [3.63, 3.8) is 0 Å². The van der Waals surface area contributed by atoms with E-state index < -0.39 is 18.1 Å². The molecule has 2 aliphatic heterocycles. The number of carbonyl (C=O) groups excluding carboxylic acids is 2. The molecule has 3 rings (SSSR count). The number of hydrogen-bond donors (Lipinski definition) is 2. The third-order valence-electron chi connectivity index (χ3n) is 4.32. The van der Waals surface area contributed by atoms with E-state index in [9.17, 15) is 19.5 Å². The Morgan fingerprint density at radius 1 is 1.38 bits per heavy atom. The van der Waals surface area contributed by atoms with Crippen molar-refractivity contribution in [1.82, 2.24) is 10.2 Å². The summed E-state index contributed by atoms with van der Waals surface area (Å²) in [6.07, 6.45) is 0.360. The van der Waals surface area contributed by atoms with Gasteiger partial charge in [-0.2, -0.15) is 0 Å². The van der Waals surface area contributed by atoms with Crippen molar-refractivity contribution in [2.75, 3.05) is 5.75 Å². The lowest BCUT2D eigenvalue weighted by atomic mass is 10.0. The summed E-state index contributed by atoms with van der Waals surface area (Å²) >= 11 is 1.54. The summed E-state index contributed by atoms with van der Waals surface area (Å²) in [6.45, 7) is 3.81. The van der Waals surface area contributed by atoms with Crippen LogP contribution >= 0.6 is 11.8 Å². The van der Waals surface area contributed by atoms with Gasteiger partial charge >= 0.3 is 5.97 Å². The Morgan fingerprint density at radius 3 is 2.75 bits per heavy atom. The molecule has 1 saturated heterocycles. The van der Waals surface area contributed by atoms with Crippen LogP contribution in [0.4, 0.5) is 0 Å². The number of nitrogens with zero attached hydrogens (tertiary/aromatic N) is 1. The molecule has 0 saturated carbocycles. The number of rotatable bonds is 5. The van der Waals surface area contributed by atoms with Gasteiger partial charge in [-0.1, -0.05) is 32.0 Å². The molecule has 0 aromatic heterocycles. The molecule has 128 valence electrons. The summed E-state index contributed by atoms with van der Waals surface area (Å²) in [7, 11) is 0. The van der Waals surface area contributed by atoms with Gasteiger partial charge in [-0.05, 0) is 24.0 Å². The quantitative estimate of drug-likeness (QED) is 0.848. The van der Waals surface area contributed by atoms with E-state index in [2.05, 4.69) is 5.32 Å². The zero-order chi connectivity index (χ0) is 17.4. The number of fused-ring (bicyclic) bond motifs is 3. The lowest BCUT2D eigenvalue weighted by Crippen LogP contribution is -2.51. The number of aliphatic carboxylic acids is 1. The third kappa shape index (κ3) is 2.88. The van der Waals surface area contributed by atoms with Gasteiger partial charge in [-0.25, -0.2) is 4.79 Å². The second-order valence-corrected chi connectivity index (χ2v) is 7.64. The van der Waals surface area contributed by atoms with E-state index in [0.717, 1.165) is 5.56 Å². The van der Waals surface area contributed by atoms with Gasteiger partial charge in [0.15, 0.2) is 0 Å². The minimum Gasteiger partial charge on any atom is -0.480 e. The summed E-state index contributed by atoms with van der Waals surface area (Å²) in [5.74, 6) is -0.967. The minimum atomic E-state index is -1.05. The highest BCUT2D eigenvalue weighted by Gasteiger charge is 2.48. The number of benzene rings is 1. The lowest BCUT2D eigenvalue weighted by Gasteiger charge is -2.25. The van der Waals surface area contributed by atoms with Crippen molar-refractivity contribution in [2.24, 2.45) is 5.92 Å². The van der Waals surface area contributed by atoms with E-state index in [1.54, 1.807) is 22.7 Å². The van der Waals surface area contributed by atoms with Crippen molar-refractivity contribution < 1.29 is 19.5 Å². The minimum absolute atomic E-state index is 0.148. The molecule has 0 spiro atoms. The van der Waals surface area contributed by atoms with Crippen LogP contribution in [0.1, 0.15) is 41.6 Å². The molecule has 7 heteroatoms. The van der Waals surface area contributed by atoms with Gasteiger partial charge in [-0.15, -0.1) is 11.8 Å². The SMILES string of the molecule is CC(C)C[C@H](NC(=O)[C@@H]1CS[C@H]2c3ccccc3C(=O)N12)C(=O)O. The third-order valence-corrected chi connectivity index (χ3v) is 5.62. The fraction of sp³-hybridized carbons (Fsp3) is 0.471. The van der Waals surface area contributed by atoms with Crippen molar-refractivity contribution in [1.29, 1.82) is 0 Å². The Labute approximate surface area is 144 Å². The maximum absolute atomic E-state index is 12.6. The molecule has 24 heavy (non-hydrogen) atoms. The van der Waals surface area contributed by atoms with Crippen LogP contribution in [-0.4, -0.2) is 45.6 Å². The molecule has 2 amide bonds. The summed E-state index contributed by atoms with van der Waals surface area (Å²) < 4.78 is 0. The molecular weight excluding hydrogens is 328 g/mol. The zero-order valence-electron chi connectivity index (χ0n) is 13.6. The molecule has 2 heterocycles. The van der Waals surface area contributed by atoms with E-state index in [1.165, 1.54) is 0 Å². The molecule has 1 fully saturated rings. The number of hydrogen-bond acceptors (Lipinski definition) is 4. The predicted octanol–water partition coefficient (Wildman–Crippen LogP) is 1.87. The molecule has 0 bridgehead atoms. The van der Waals surface area contributed by atoms with Crippen LogP contribution in [-0.2, 0) is 9.59 Å². The fourth-order valence-electron chi connectivity index (χ4n) is 3.20. The van der Waals surface area contributed by atoms with Crippen LogP contribution in [0.25, 0.3) is 0 Å². The molecule has 0 unspecified atom stereocenters. The van der Waals surface area contributed by atoms with E-state index in [1.807, 2.05) is 32.0 Å². The fourth-order valence-corrected chi connectivity index (χ4v) is 4.67. The molecule has 2 N–H and O–H groups in total. The molecule has 1 aromatic rings. The van der Waals surface area contributed by atoms with Crippen LogP contribution < -0.4 is 5.32 Å². The Morgan fingerprint density at radius 2 is 2.08 bits per heavy atom.